The summed E-state index contributed by atoms with van der Waals surface area (Å²) in [5.74, 6) is 1.14. The van der Waals surface area contributed by atoms with E-state index in [1.54, 1.807) is 0 Å². The maximum Gasteiger partial charge on any atom is 0.109 e. The van der Waals surface area contributed by atoms with Crippen molar-refractivity contribution >= 4 is 0 Å². The van der Waals surface area contributed by atoms with Gasteiger partial charge < -0.3 is 4.74 Å². The number of rotatable bonds is 4. The van der Waals surface area contributed by atoms with Gasteiger partial charge in [0.05, 0.1) is 5.76 Å². The van der Waals surface area contributed by atoms with Gasteiger partial charge in [-0.25, -0.2) is 0 Å². The molecule has 0 aromatic carbocycles. The Kier molecular flexibility index (Phi) is 4.82. The second-order valence-electron chi connectivity index (χ2n) is 6.66. The zero-order valence-electron chi connectivity index (χ0n) is 13.8. The molecule has 0 unspecified atom stereocenters. The number of hydrogen-bond acceptors (Lipinski definition) is 1. The van der Waals surface area contributed by atoms with E-state index in [9.17, 15) is 0 Å². The topological polar surface area (TPSA) is 9.23 Å². The van der Waals surface area contributed by atoms with Crippen LogP contribution in [-0.4, -0.2) is 6.61 Å². The van der Waals surface area contributed by atoms with Gasteiger partial charge in [0.15, 0.2) is 0 Å². The van der Waals surface area contributed by atoms with E-state index in [1.807, 2.05) is 0 Å². The zero-order valence-corrected chi connectivity index (χ0v) is 13.8. The molecule has 22 heavy (non-hydrogen) atoms. The highest BCUT2D eigenvalue weighted by Gasteiger charge is 2.13. The molecule has 116 valence electrons. The van der Waals surface area contributed by atoms with Crippen LogP contribution in [0, 0.1) is 0 Å². The molecule has 1 nitrogen and oxygen atoms in total. The average Bonchev–Trinajstić information content (AvgIpc) is 2.56. The van der Waals surface area contributed by atoms with Crippen LogP contribution in [0.1, 0.15) is 52.4 Å². The lowest BCUT2D eigenvalue weighted by molar-refractivity contribution is 0.224. The van der Waals surface area contributed by atoms with E-state index >= 15 is 0 Å². The molecule has 0 amide bonds. The highest BCUT2D eigenvalue weighted by Crippen LogP contribution is 2.31. The lowest BCUT2D eigenvalue weighted by Gasteiger charge is -2.20. The molecule has 0 aromatic rings. The lowest BCUT2D eigenvalue weighted by atomic mass is 9.89. The molecule has 0 aromatic heterocycles. The summed E-state index contributed by atoms with van der Waals surface area (Å²) >= 11 is 0. The van der Waals surface area contributed by atoms with Gasteiger partial charge in [0.1, 0.15) is 6.61 Å². The molecule has 0 fully saturated rings. The molecule has 0 saturated carbocycles. The molecule has 0 spiro atoms. The van der Waals surface area contributed by atoms with E-state index < -0.39 is 0 Å². The van der Waals surface area contributed by atoms with Crippen LogP contribution in [0.15, 0.2) is 70.1 Å². The molecular formula is C21H26O. The summed E-state index contributed by atoms with van der Waals surface area (Å²) in [4.78, 5) is 0. The SMILES string of the molecule is CC1=CC=C(COC2=CC=C(C3=CC=C(C)CC3)CC2)CC1. The smallest absolute Gasteiger partial charge is 0.109 e. The minimum atomic E-state index is 0.753. The van der Waals surface area contributed by atoms with Gasteiger partial charge in [0.2, 0.25) is 0 Å². The average molecular weight is 294 g/mol. The van der Waals surface area contributed by atoms with E-state index in [0.717, 1.165) is 31.6 Å². The van der Waals surface area contributed by atoms with E-state index in [4.69, 9.17) is 4.74 Å². The molecule has 3 rings (SSSR count). The van der Waals surface area contributed by atoms with Gasteiger partial charge in [-0.2, -0.15) is 0 Å². The third kappa shape index (κ3) is 3.91. The normalized spacial score (nSPS) is 21.9. The second kappa shape index (κ2) is 7.00. The molecule has 3 aliphatic rings. The van der Waals surface area contributed by atoms with Crippen LogP contribution in [0.3, 0.4) is 0 Å². The van der Waals surface area contributed by atoms with Crippen molar-refractivity contribution in [1.82, 2.24) is 0 Å². The summed E-state index contributed by atoms with van der Waals surface area (Å²) in [5, 5.41) is 0. The van der Waals surface area contributed by atoms with Gasteiger partial charge in [-0.05, 0) is 68.7 Å². The minimum absolute atomic E-state index is 0.753. The van der Waals surface area contributed by atoms with Gasteiger partial charge in [0.25, 0.3) is 0 Å². The van der Waals surface area contributed by atoms with E-state index in [2.05, 4.69) is 50.3 Å². The lowest BCUT2D eigenvalue weighted by Crippen LogP contribution is -2.05. The van der Waals surface area contributed by atoms with Gasteiger partial charge in [-0.3, -0.25) is 0 Å². The molecule has 3 aliphatic carbocycles. The summed E-state index contributed by atoms with van der Waals surface area (Å²) < 4.78 is 6.00. The first-order valence-corrected chi connectivity index (χ1v) is 8.45. The van der Waals surface area contributed by atoms with Gasteiger partial charge in [-0.15, -0.1) is 0 Å². The van der Waals surface area contributed by atoms with Crippen LogP contribution in [-0.2, 0) is 4.74 Å². The fourth-order valence-electron chi connectivity index (χ4n) is 3.11. The third-order valence-electron chi connectivity index (χ3n) is 4.77. The predicted molar refractivity (Wildman–Crippen MR) is 93.5 cm³/mol. The first kappa shape index (κ1) is 15.1. The molecule has 0 radical (unpaired) electrons. The van der Waals surface area contributed by atoms with Crippen molar-refractivity contribution in [2.24, 2.45) is 0 Å². The first-order chi connectivity index (χ1) is 10.7. The Morgan fingerprint density at radius 2 is 1.32 bits per heavy atom. The Balaban J connectivity index is 1.57. The molecule has 1 heteroatoms. The maximum atomic E-state index is 6.00. The van der Waals surface area contributed by atoms with E-state index in [0.29, 0.717) is 0 Å². The quantitative estimate of drug-likeness (QED) is 0.623. The fourth-order valence-corrected chi connectivity index (χ4v) is 3.11. The summed E-state index contributed by atoms with van der Waals surface area (Å²) in [6, 6.07) is 0. The van der Waals surface area contributed by atoms with E-state index in [-0.39, 0.29) is 0 Å². The molecule has 0 atom stereocenters. The second-order valence-corrected chi connectivity index (χ2v) is 6.66. The number of ether oxygens (including phenoxy) is 1. The number of hydrogen-bond donors (Lipinski definition) is 0. The predicted octanol–water partition coefficient (Wildman–Crippen LogP) is 5.94. The van der Waals surface area contributed by atoms with Crippen LogP contribution >= 0.6 is 0 Å². The van der Waals surface area contributed by atoms with Gasteiger partial charge in [-0.1, -0.05) is 41.5 Å². The van der Waals surface area contributed by atoms with Crippen LogP contribution in [0.25, 0.3) is 0 Å². The Morgan fingerprint density at radius 3 is 1.86 bits per heavy atom. The monoisotopic (exact) mass is 294 g/mol. The molecule has 0 heterocycles. The maximum absolute atomic E-state index is 6.00. The standard InChI is InChI=1S/C21H26O/c1-16-3-7-18(8-4-16)15-22-21-13-11-20(12-14-21)19-9-5-17(2)6-10-19/h3,5,7,9,11,13H,4,6,8,10,12,14-15H2,1-2H3. The van der Waals surface area contributed by atoms with Crippen molar-refractivity contribution in [3.63, 3.8) is 0 Å². The van der Waals surface area contributed by atoms with Crippen molar-refractivity contribution < 1.29 is 4.74 Å². The first-order valence-electron chi connectivity index (χ1n) is 8.45. The molecule has 0 N–H and O–H groups in total. The third-order valence-corrected chi connectivity index (χ3v) is 4.77. The highest BCUT2D eigenvalue weighted by molar-refractivity contribution is 5.41. The summed E-state index contributed by atoms with van der Waals surface area (Å²) in [5.41, 5.74) is 7.38. The Bertz CT molecular complexity index is 620. The van der Waals surface area contributed by atoms with Crippen LogP contribution < -0.4 is 0 Å². The zero-order chi connectivity index (χ0) is 15.4. The van der Waals surface area contributed by atoms with Crippen molar-refractivity contribution in [2.45, 2.75) is 52.4 Å². The Labute approximate surface area is 134 Å². The largest absolute Gasteiger partial charge is 0.494 e. The van der Waals surface area contributed by atoms with Gasteiger partial charge in [0, 0.05) is 6.42 Å². The van der Waals surface area contributed by atoms with Gasteiger partial charge >= 0.3 is 0 Å². The number of allylic oxidation sites excluding steroid dienone is 11. The fraction of sp³-hybridized carbons (Fsp3) is 0.429. The Hall–Kier alpha value is -1.76. The highest BCUT2D eigenvalue weighted by atomic mass is 16.5. The summed E-state index contributed by atoms with van der Waals surface area (Å²) in [7, 11) is 0. The molecule has 0 aliphatic heterocycles. The van der Waals surface area contributed by atoms with Crippen LogP contribution in [0.2, 0.25) is 0 Å². The summed E-state index contributed by atoms with van der Waals surface area (Å²) in [6.07, 6.45) is 20.3. The van der Waals surface area contributed by atoms with Crippen molar-refractivity contribution in [1.29, 1.82) is 0 Å². The van der Waals surface area contributed by atoms with Crippen molar-refractivity contribution in [2.75, 3.05) is 6.61 Å². The molecular weight excluding hydrogens is 268 g/mol. The Morgan fingerprint density at radius 1 is 0.682 bits per heavy atom. The van der Waals surface area contributed by atoms with E-state index in [1.165, 1.54) is 47.1 Å². The van der Waals surface area contributed by atoms with Crippen LogP contribution in [0.5, 0.6) is 0 Å². The van der Waals surface area contributed by atoms with Crippen LogP contribution in [0.4, 0.5) is 0 Å². The molecule has 0 bridgehead atoms. The van der Waals surface area contributed by atoms with Crippen molar-refractivity contribution in [3.8, 4) is 0 Å². The minimum Gasteiger partial charge on any atom is -0.494 e. The molecule has 0 saturated heterocycles. The summed E-state index contributed by atoms with van der Waals surface area (Å²) in [6.45, 7) is 5.16. The van der Waals surface area contributed by atoms with Crippen molar-refractivity contribution in [3.05, 3.63) is 70.1 Å².